The van der Waals surface area contributed by atoms with E-state index >= 15 is 0 Å². The zero-order valence-electron chi connectivity index (χ0n) is 16.8. The van der Waals surface area contributed by atoms with Gasteiger partial charge >= 0.3 is 11.9 Å². The number of rotatable bonds is 7. The van der Waals surface area contributed by atoms with Crippen molar-refractivity contribution in [1.82, 2.24) is 0 Å². The van der Waals surface area contributed by atoms with E-state index in [2.05, 4.69) is 0 Å². The Hall–Kier alpha value is -2.47. The largest absolute Gasteiger partial charge is 0.465 e. The molecule has 6 heteroatoms. The van der Waals surface area contributed by atoms with Gasteiger partial charge in [0.05, 0.1) is 12.3 Å². The molecule has 2 bridgehead atoms. The zero-order valence-corrected chi connectivity index (χ0v) is 16.8. The first kappa shape index (κ1) is 20.3. The Kier molecular flexibility index (Phi) is 5.70. The highest BCUT2D eigenvalue weighted by Gasteiger charge is 2.75. The topological polar surface area (TPSA) is 74.2 Å². The number of aliphatic imine (C=N–C) groups is 1. The standard InChI is InChI=1S/C22H27NO5/c1-5-11-17-14-21(20(25)26-6-2)18(16-12-9-8-10-13-16)23-22(17,27-7-3)19(21)28-15(4)24/h5,8-13,17,19H,6-7,14H2,1-4H3/b11-5+/t17-,19?,21+,22+/m0/s1. The number of nitrogens with zero attached hydrogens (tertiary/aromatic N) is 1. The van der Waals surface area contributed by atoms with Gasteiger partial charge in [0.2, 0.25) is 5.72 Å². The number of carbonyl (C=O) groups is 2. The molecule has 6 nitrogen and oxygen atoms in total. The van der Waals surface area contributed by atoms with Crippen molar-refractivity contribution in [2.75, 3.05) is 13.2 Å². The maximum absolute atomic E-state index is 13.3. The lowest BCUT2D eigenvalue weighted by molar-refractivity contribution is -0.179. The maximum Gasteiger partial charge on any atom is 0.322 e. The van der Waals surface area contributed by atoms with Crippen LogP contribution in [0, 0.1) is 11.3 Å². The van der Waals surface area contributed by atoms with Gasteiger partial charge in [-0.3, -0.25) is 9.59 Å². The molecule has 1 aliphatic heterocycles. The van der Waals surface area contributed by atoms with E-state index in [1.165, 1.54) is 6.92 Å². The van der Waals surface area contributed by atoms with Gasteiger partial charge in [0, 0.05) is 19.4 Å². The number of carbonyl (C=O) groups excluding carboxylic acids is 2. The van der Waals surface area contributed by atoms with Crippen LogP contribution < -0.4 is 0 Å². The highest BCUT2D eigenvalue weighted by Crippen LogP contribution is 2.60. The van der Waals surface area contributed by atoms with Gasteiger partial charge in [-0.25, -0.2) is 4.99 Å². The van der Waals surface area contributed by atoms with Crippen LogP contribution in [0.15, 0.2) is 47.5 Å². The second kappa shape index (κ2) is 7.87. The molecule has 0 amide bonds. The summed E-state index contributed by atoms with van der Waals surface area (Å²) in [6.07, 6.45) is 3.40. The van der Waals surface area contributed by atoms with Crippen molar-refractivity contribution in [3.8, 4) is 0 Å². The number of hydrogen-bond acceptors (Lipinski definition) is 6. The fraction of sp³-hybridized carbons (Fsp3) is 0.500. The van der Waals surface area contributed by atoms with Gasteiger partial charge in [0.1, 0.15) is 0 Å². The Labute approximate surface area is 165 Å². The van der Waals surface area contributed by atoms with Crippen LogP contribution in [-0.2, 0) is 23.8 Å². The minimum Gasteiger partial charge on any atom is -0.465 e. The van der Waals surface area contributed by atoms with Crippen LogP contribution in [0.1, 0.15) is 39.7 Å². The van der Waals surface area contributed by atoms with Crippen molar-refractivity contribution in [3.05, 3.63) is 48.0 Å². The smallest absolute Gasteiger partial charge is 0.322 e. The Bertz CT molecular complexity index is 802. The summed E-state index contributed by atoms with van der Waals surface area (Å²) in [5.41, 5.74) is -0.993. The molecule has 3 rings (SSSR count). The summed E-state index contributed by atoms with van der Waals surface area (Å²) in [5.74, 6) is -1.12. The average Bonchev–Trinajstić information content (AvgIpc) is 3.08. The van der Waals surface area contributed by atoms with E-state index < -0.39 is 29.2 Å². The van der Waals surface area contributed by atoms with Crippen molar-refractivity contribution in [3.63, 3.8) is 0 Å². The van der Waals surface area contributed by atoms with Crippen molar-refractivity contribution in [1.29, 1.82) is 0 Å². The van der Waals surface area contributed by atoms with Crippen LogP contribution in [0.4, 0.5) is 0 Å². The van der Waals surface area contributed by atoms with E-state index in [1.807, 2.05) is 56.3 Å². The molecule has 1 heterocycles. The van der Waals surface area contributed by atoms with Crippen LogP contribution in [0.25, 0.3) is 0 Å². The summed E-state index contributed by atoms with van der Waals surface area (Å²) in [6.45, 7) is 7.47. The number of ether oxygens (including phenoxy) is 3. The van der Waals surface area contributed by atoms with Crippen molar-refractivity contribution in [2.24, 2.45) is 16.3 Å². The second-order valence-electron chi connectivity index (χ2n) is 7.03. The Balaban J connectivity index is 2.26. The fourth-order valence-corrected chi connectivity index (χ4v) is 4.48. The van der Waals surface area contributed by atoms with Crippen LogP contribution in [0.2, 0.25) is 0 Å². The van der Waals surface area contributed by atoms with Crippen molar-refractivity contribution in [2.45, 2.75) is 45.9 Å². The highest BCUT2D eigenvalue weighted by atomic mass is 16.6. The number of fused-ring (bicyclic) bond motifs is 2. The predicted molar refractivity (Wildman–Crippen MR) is 105 cm³/mol. The van der Waals surface area contributed by atoms with Crippen LogP contribution in [0.3, 0.4) is 0 Å². The lowest BCUT2D eigenvalue weighted by atomic mass is 9.76. The number of benzene rings is 1. The quantitative estimate of drug-likeness (QED) is 0.532. The molecule has 28 heavy (non-hydrogen) atoms. The molecule has 1 aromatic rings. The van der Waals surface area contributed by atoms with Gasteiger partial charge < -0.3 is 14.2 Å². The first-order chi connectivity index (χ1) is 13.5. The number of esters is 2. The van der Waals surface area contributed by atoms with Crippen LogP contribution >= 0.6 is 0 Å². The Morgan fingerprint density at radius 3 is 2.50 bits per heavy atom. The molecular formula is C22H27NO5. The van der Waals surface area contributed by atoms with E-state index in [1.54, 1.807) is 6.92 Å². The SMILES string of the molecule is C/C=C/[C@H]1C[C@@]2(C(=O)OCC)C(c3ccccc3)=N[C@]1(OCC)C2OC(C)=O. The molecule has 4 atom stereocenters. The minimum absolute atomic E-state index is 0.210. The molecule has 1 aliphatic carbocycles. The molecule has 0 spiro atoms. The third-order valence-corrected chi connectivity index (χ3v) is 5.38. The number of hydrogen-bond donors (Lipinski definition) is 0. The van der Waals surface area contributed by atoms with Crippen molar-refractivity contribution >= 4 is 17.7 Å². The molecular weight excluding hydrogens is 358 g/mol. The summed E-state index contributed by atoms with van der Waals surface area (Å²) in [6, 6.07) is 9.48. The van der Waals surface area contributed by atoms with Gasteiger partial charge in [-0.15, -0.1) is 0 Å². The average molecular weight is 385 g/mol. The Morgan fingerprint density at radius 1 is 1.21 bits per heavy atom. The fourth-order valence-electron chi connectivity index (χ4n) is 4.48. The third-order valence-electron chi connectivity index (χ3n) is 5.38. The summed E-state index contributed by atoms with van der Waals surface area (Å²) >= 11 is 0. The summed E-state index contributed by atoms with van der Waals surface area (Å²) in [4.78, 5) is 30.2. The monoisotopic (exact) mass is 385 g/mol. The molecule has 1 unspecified atom stereocenters. The lowest BCUT2D eigenvalue weighted by Crippen LogP contribution is -2.50. The summed E-state index contributed by atoms with van der Waals surface area (Å²) in [7, 11) is 0. The summed E-state index contributed by atoms with van der Waals surface area (Å²) < 4.78 is 17.4. The zero-order chi connectivity index (χ0) is 20.4. The molecule has 1 aromatic carbocycles. The molecule has 150 valence electrons. The van der Waals surface area contributed by atoms with Crippen molar-refractivity contribution < 1.29 is 23.8 Å². The van der Waals surface area contributed by atoms with Gasteiger partial charge in [0.25, 0.3) is 0 Å². The van der Waals surface area contributed by atoms with E-state index in [4.69, 9.17) is 19.2 Å². The normalized spacial score (nSPS) is 31.1. The van der Waals surface area contributed by atoms with E-state index in [-0.39, 0.29) is 12.5 Å². The van der Waals surface area contributed by atoms with Gasteiger partial charge in [-0.05, 0) is 32.8 Å². The first-order valence-electron chi connectivity index (χ1n) is 9.73. The second-order valence-corrected chi connectivity index (χ2v) is 7.03. The molecule has 0 N–H and O–H groups in total. The van der Waals surface area contributed by atoms with Gasteiger partial charge in [-0.2, -0.15) is 0 Å². The van der Waals surface area contributed by atoms with E-state index in [0.717, 1.165) is 5.56 Å². The van der Waals surface area contributed by atoms with Crippen LogP contribution in [0.5, 0.6) is 0 Å². The molecule has 0 radical (unpaired) electrons. The van der Waals surface area contributed by atoms with Gasteiger partial charge in [-0.1, -0.05) is 42.5 Å². The van der Waals surface area contributed by atoms with Gasteiger partial charge in [0.15, 0.2) is 11.5 Å². The van der Waals surface area contributed by atoms with E-state index in [9.17, 15) is 9.59 Å². The number of allylic oxidation sites excluding steroid dienone is 1. The molecule has 2 aliphatic rings. The molecule has 0 aromatic heterocycles. The Morgan fingerprint density at radius 2 is 1.93 bits per heavy atom. The lowest BCUT2D eigenvalue weighted by Gasteiger charge is -2.33. The maximum atomic E-state index is 13.3. The molecule has 1 saturated carbocycles. The molecule has 0 saturated heterocycles. The summed E-state index contributed by atoms with van der Waals surface area (Å²) in [5, 5.41) is 0. The minimum atomic E-state index is -1.21. The van der Waals surface area contributed by atoms with E-state index in [0.29, 0.717) is 18.7 Å². The molecule has 1 fully saturated rings. The predicted octanol–water partition coefficient (Wildman–Crippen LogP) is 3.30. The van der Waals surface area contributed by atoms with Crippen LogP contribution in [-0.4, -0.2) is 42.7 Å². The highest BCUT2D eigenvalue weighted by molar-refractivity contribution is 6.18. The third kappa shape index (κ3) is 2.96. The first-order valence-corrected chi connectivity index (χ1v) is 9.73.